The van der Waals surface area contributed by atoms with Crippen molar-refractivity contribution in [1.82, 2.24) is 4.98 Å². The number of pyridine rings is 1. The number of anilines is 1. The minimum absolute atomic E-state index is 0.708. The van der Waals surface area contributed by atoms with Crippen molar-refractivity contribution >= 4 is 16.5 Å². The van der Waals surface area contributed by atoms with Gasteiger partial charge in [-0.05, 0) is 25.1 Å². The highest BCUT2D eigenvalue weighted by molar-refractivity contribution is 6.00. The average molecular weight is 264 g/mol. The highest BCUT2D eigenvalue weighted by atomic mass is 16.5. The molecule has 3 rings (SSSR count). The third-order valence-corrected chi connectivity index (χ3v) is 3.49. The lowest BCUT2D eigenvalue weighted by Gasteiger charge is -2.12. The zero-order valence-corrected chi connectivity index (χ0v) is 11.6. The van der Waals surface area contributed by atoms with E-state index in [-0.39, 0.29) is 0 Å². The summed E-state index contributed by atoms with van der Waals surface area (Å²) in [6, 6.07) is 15.9. The fourth-order valence-corrected chi connectivity index (χ4v) is 2.42. The number of aryl methyl sites for hydroxylation is 1. The third-order valence-electron chi connectivity index (χ3n) is 3.49. The molecular formula is C17H16N2O. The van der Waals surface area contributed by atoms with Crippen LogP contribution >= 0.6 is 0 Å². The van der Waals surface area contributed by atoms with Crippen LogP contribution in [0.1, 0.15) is 5.69 Å². The van der Waals surface area contributed by atoms with Crippen LogP contribution in [0.15, 0.2) is 48.5 Å². The Kier molecular flexibility index (Phi) is 3.03. The van der Waals surface area contributed by atoms with Gasteiger partial charge in [0.05, 0.1) is 18.5 Å². The molecule has 0 saturated heterocycles. The van der Waals surface area contributed by atoms with Gasteiger partial charge in [-0.25, -0.2) is 0 Å². The van der Waals surface area contributed by atoms with Crippen molar-refractivity contribution < 1.29 is 4.74 Å². The van der Waals surface area contributed by atoms with Crippen LogP contribution in [0.5, 0.6) is 5.75 Å². The van der Waals surface area contributed by atoms with Crippen molar-refractivity contribution in [3.8, 4) is 17.0 Å². The van der Waals surface area contributed by atoms with Gasteiger partial charge in [-0.3, -0.25) is 4.98 Å². The number of nitrogens with zero attached hydrogens (tertiary/aromatic N) is 1. The Bertz CT molecular complexity index is 767. The maximum Gasteiger partial charge on any atom is 0.119 e. The SMILES string of the molecule is COc1ccc2c(N)c(-c3ccccc3)nc(C)c2c1. The van der Waals surface area contributed by atoms with Crippen molar-refractivity contribution in [2.75, 3.05) is 12.8 Å². The van der Waals surface area contributed by atoms with Crippen LogP contribution in [0.3, 0.4) is 0 Å². The van der Waals surface area contributed by atoms with E-state index < -0.39 is 0 Å². The van der Waals surface area contributed by atoms with E-state index in [1.807, 2.05) is 55.5 Å². The number of benzene rings is 2. The Morgan fingerprint density at radius 3 is 2.45 bits per heavy atom. The van der Waals surface area contributed by atoms with Crippen LogP contribution in [0, 0.1) is 6.92 Å². The van der Waals surface area contributed by atoms with Gasteiger partial charge < -0.3 is 10.5 Å². The highest BCUT2D eigenvalue weighted by Crippen LogP contribution is 2.33. The molecule has 0 spiro atoms. The minimum Gasteiger partial charge on any atom is -0.497 e. The fourth-order valence-electron chi connectivity index (χ4n) is 2.42. The van der Waals surface area contributed by atoms with Gasteiger partial charge in [-0.2, -0.15) is 0 Å². The first-order chi connectivity index (χ1) is 9.70. The first-order valence-electron chi connectivity index (χ1n) is 6.50. The van der Waals surface area contributed by atoms with Crippen LogP contribution in [-0.2, 0) is 0 Å². The summed E-state index contributed by atoms with van der Waals surface area (Å²) in [5, 5.41) is 2.04. The van der Waals surface area contributed by atoms with E-state index in [1.165, 1.54) is 0 Å². The van der Waals surface area contributed by atoms with Crippen molar-refractivity contribution in [2.45, 2.75) is 6.92 Å². The standard InChI is InChI=1S/C17H16N2O/c1-11-15-10-13(20-2)8-9-14(15)16(18)17(19-11)12-6-4-3-5-7-12/h3-10H,18H2,1-2H3. The van der Waals surface area contributed by atoms with Gasteiger partial charge in [-0.15, -0.1) is 0 Å². The summed E-state index contributed by atoms with van der Waals surface area (Å²) in [5.41, 5.74) is 9.83. The summed E-state index contributed by atoms with van der Waals surface area (Å²) in [6.45, 7) is 1.99. The Labute approximate surface area is 118 Å². The minimum atomic E-state index is 0.708. The Morgan fingerprint density at radius 1 is 1.00 bits per heavy atom. The van der Waals surface area contributed by atoms with E-state index in [2.05, 4.69) is 4.98 Å². The number of ether oxygens (including phenoxy) is 1. The summed E-state index contributed by atoms with van der Waals surface area (Å²) < 4.78 is 5.26. The second kappa shape index (κ2) is 4.85. The van der Waals surface area contributed by atoms with Crippen LogP contribution in [0.4, 0.5) is 5.69 Å². The van der Waals surface area contributed by atoms with Gasteiger partial charge in [-0.1, -0.05) is 30.3 Å². The molecule has 0 aliphatic rings. The first kappa shape index (κ1) is 12.5. The van der Waals surface area contributed by atoms with Crippen molar-refractivity contribution in [3.63, 3.8) is 0 Å². The monoisotopic (exact) mass is 264 g/mol. The van der Waals surface area contributed by atoms with Crippen LogP contribution < -0.4 is 10.5 Å². The molecule has 0 fully saturated rings. The predicted octanol–water partition coefficient (Wildman–Crippen LogP) is 3.80. The van der Waals surface area contributed by atoms with Crippen LogP contribution in [-0.4, -0.2) is 12.1 Å². The Morgan fingerprint density at radius 2 is 1.75 bits per heavy atom. The first-order valence-corrected chi connectivity index (χ1v) is 6.50. The lowest BCUT2D eigenvalue weighted by Crippen LogP contribution is -1.98. The van der Waals surface area contributed by atoms with Gasteiger partial charge >= 0.3 is 0 Å². The molecule has 2 aromatic carbocycles. The molecule has 100 valence electrons. The fraction of sp³-hybridized carbons (Fsp3) is 0.118. The molecule has 0 unspecified atom stereocenters. The number of fused-ring (bicyclic) bond motifs is 1. The number of nitrogens with two attached hydrogens (primary N) is 1. The van der Waals surface area contributed by atoms with E-state index in [1.54, 1.807) is 7.11 Å². The Hall–Kier alpha value is -2.55. The van der Waals surface area contributed by atoms with Crippen molar-refractivity contribution in [1.29, 1.82) is 0 Å². The normalized spacial score (nSPS) is 10.7. The number of nitrogen functional groups attached to an aromatic ring is 1. The second-order valence-electron chi connectivity index (χ2n) is 4.74. The molecule has 3 heteroatoms. The van der Waals surface area contributed by atoms with E-state index in [0.29, 0.717) is 5.69 Å². The molecule has 0 atom stereocenters. The molecule has 3 nitrogen and oxygen atoms in total. The highest BCUT2D eigenvalue weighted by Gasteiger charge is 2.11. The molecule has 1 aromatic heterocycles. The maximum absolute atomic E-state index is 6.31. The summed E-state index contributed by atoms with van der Waals surface area (Å²) in [7, 11) is 1.66. The van der Waals surface area contributed by atoms with Crippen molar-refractivity contribution in [3.05, 3.63) is 54.2 Å². The number of hydrogen-bond donors (Lipinski definition) is 1. The molecule has 0 amide bonds. The lowest BCUT2D eigenvalue weighted by atomic mass is 10.0. The number of aromatic nitrogens is 1. The van der Waals surface area contributed by atoms with E-state index >= 15 is 0 Å². The summed E-state index contributed by atoms with van der Waals surface area (Å²) in [6.07, 6.45) is 0. The molecule has 20 heavy (non-hydrogen) atoms. The quantitative estimate of drug-likeness (QED) is 0.765. The van der Waals surface area contributed by atoms with Gasteiger partial charge in [0.1, 0.15) is 5.75 Å². The molecule has 0 bridgehead atoms. The lowest BCUT2D eigenvalue weighted by molar-refractivity contribution is 0.415. The van der Waals surface area contributed by atoms with Gasteiger partial charge in [0.25, 0.3) is 0 Å². The molecule has 0 aliphatic heterocycles. The van der Waals surface area contributed by atoms with E-state index in [9.17, 15) is 0 Å². The number of methoxy groups -OCH3 is 1. The van der Waals surface area contributed by atoms with Gasteiger partial charge in [0, 0.05) is 22.0 Å². The molecule has 1 heterocycles. The summed E-state index contributed by atoms with van der Waals surface area (Å²) >= 11 is 0. The molecule has 0 radical (unpaired) electrons. The van der Waals surface area contributed by atoms with Gasteiger partial charge in [0.2, 0.25) is 0 Å². The molecular weight excluding hydrogens is 248 g/mol. The average Bonchev–Trinajstić information content (AvgIpc) is 2.51. The molecule has 0 saturated carbocycles. The van der Waals surface area contributed by atoms with Crippen molar-refractivity contribution in [2.24, 2.45) is 0 Å². The zero-order valence-electron chi connectivity index (χ0n) is 11.6. The predicted molar refractivity (Wildman–Crippen MR) is 82.9 cm³/mol. The molecule has 0 aliphatic carbocycles. The topological polar surface area (TPSA) is 48.1 Å². The summed E-state index contributed by atoms with van der Waals surface area (Å²) in [4.78, 5) is 4.67. The Balaban J connectivity index is 2.30. The second-order valence-corrected chi connectivity index (χ2v) is 4.74. The maximum atomic E-state index is 6.31. The van der Waals surface area contributed by atoms with Crippen LogP contribution in [0.25, 0.3) is 22.0 Å². The van der Waals surface area contributed by atoms with Gasteiger partial charge in [0.15, 0.2) is 0 Å². The number of rotatable bonds is 2. The van der Waals surface area contributed by atoms with E-state index in [4.69, 9.17) is 10.5 Å². The molecule has 2 N–H and O–H groups in total. The van der Waals surface area contributed by atoms with E-state index in [0.717, 1.165) is 33.5 Å². The smallest absolute Gasteiger partial charge is 0.119 e. The largest absolute Gasteiger partial charge is 0.497 e. The van der Waals surface area contributed by atoms with Crippen LogP contribution in [0.2, 0.25) is 0 Å². The molecule has 3 aromatic rings. The zero-order chi connectivity index (χ0) is 14.1. The third kappa shape index (κ3) is 1.97. The summed E-state index contributed by atoms with van der Waals surface area (Å²) in [5.74, 6) is 0.814. The number of hydrogen-bond acceptors (Lipinski definition) is 3.